The summed E-state index contributed by atoms with van der Waals surface area (Å²) in [6.07, 6.45) is 12.2. The van der Waals surface area contributed by atoms with Gasteiger partial charge in [0.25, 0.3) is 0 Å². The molecule has 1 unspecified atom stereocenters. The van der Waals surface area contributed by atoms with Gasteiger partial charge in [0.1, 0.15) is 0 Å². The molecule has 2 amide bonds. The first-order valence-corrected chi connectivity index (χ1v) is 8.49. The molecule has 2 rings (SSSR count). The van der Waals surface area contributed by atoms with Gasteiger partial charge in [0.15, 0.2) is 0 Å². The molecule has 0 radical (unpaired) electrons. The number of carbonyl (C=O) groups excluding carboxylic acids is 2. The summed E-state index contributed by atoms with van der Waals surface area (Å²) in [4.78, 5) is 26.0. The highest BCUT2D eigenvalue weighted by atomic mass is 16.2. The van der Waals surface area contributed by atoms with Gasteiger partial charge in [-0.1, -0.05) is 18.6 Å². The van der Waals surface area contributed by atoms with Crippen LogP contribution in [0, 0.1) is 0 Å². The van der Waals surface area contributed by atoms with Gasteiger partial charge in [-0.05, 0) is 57.8 Å². The molecule has 21 heavy (non-hydrogen) atoms. The summed E-state index contributed by atoms with van der Waals surface area (Å²) in [7, 11) is 0. The van der Waals surface area contributed by atoms with Crippen molar-refractivity contribution in [3.8, 4) is 0 Å². The van der Waals surface area contributed by atoms with Gasteiger partial charge < -0.3 is 10.2 Å². The number of carbonyl (C=O) groups is 2. The Morgan fingerprint density at radius 1 is 1.29 bits per heavy atom. The molecule has 4 heteroatoms. The number of likely N-dealkylation sites (tertiary alicyclic amines) is 1. The number of amides is 2. The van der Waals surface area contributed by atoms with E-state index in [1.165, 1.54) is 18.4 Å². The first-order chi connectivity index (χ1) is 10.2. The van der Waals surface area contributed by atoms with Crippen molar-refractivity contribution in [3.63, 3.8) is 0 Å². The molecule has 1 aliphatic carbocycles. The van der Waals surface area contributed by atoms with Crippen molar-refractivity contribution in [1.82, 2.24) is 10.2 Å². The first-order valence-electron chi connectivity index (χ1n) is 8.49. The van der Waals surface area contributed by atoms with E-state index < -0.39 is 5.91 Å². The molecular weight excluding hydrogens is 264 g/mol. The first kappa shape index (κ1) is 16.1. The van der Waals surface area contributed by atoms with Crippen LogP contribution in [0.4, 0.5) is 0 Å². The van der Waals surface area contributed by atoms with Crippen LogP contribution in [0.15, 0.2) is 11.6 Å². The second-order valence-electron chi connectivity index (χ2n) is 6.17. The highest BCUT2D eigenvalue weighted by Crippen LogP contribution is 2.20. The molecule has 1 saturated heterocycles. The largest absolute Gasteiger partial charge is 0.348 e. The second kappa shape index (κ2) is 8.20. The van der Waals surface area contributed by atoms with Gasteiger partial charge in [0.05, 0.1) is 0 Å². The number of nitrogens with zero attached hydrogens (tertiary/aromatic N) is 1. The Morgan fingerprint density at radius 3 is 2.86 bits per heavy atom. The number of hydrogen-bond acceptors (Lipinski definition) is 2. The molecule has 0 aromatic carbocycles. The third-order valence-electron chi connectivity index (χ3n) is 4.67. The molecule has 1 aliphatic heterocycles. The SMILES string of the molecule is CCC1CCCCN1C(=O)C(=O)NCCC1=CCCCC1. The Balaban J connectivity index is 1.76. The highest BCUT2D eigenvalue weighted by Gasteiger charge is 2.29. The van der Waals surface area contributed by atoms with E-state index in [0.717, 1.165) is 51.5 Å². The molecule has 4 nitrogen and oxygen atoms in total. The normalized spacial score (nSPS) is 22.6. The van der Waals surface area contributed by atoms with Crippen LogP contribution in [0.1, 0.15) is 64.7 Å². The van der Waals surface area contributed by atoms with E-state index in [4.69, 9.17) is 0 Å². The summed E-state index contributed by atoms with van der Waals surface area (Å²) in [5, 5.41) is 2.80. The van der Waals surface area contributed by atoms with Gasteiger partial charge in [0, 0.05) is 19.1 Å². The minimum absolute atomic E-state index is 0.248. The van der Waals surface area contributed by atoms with Gasteiger partial charge in [-0.3, -0.25) is 9.59 Å². The zero-order valence-electron chi connectivity index (χ0n) is 13.2. The quantitative estimate of drug-likeness (QED) is 0.640. The topological polar surface area (TPSA) is 49.4 Å². The lowest BCUT2D eigenvalue weighted by atomic mass is 9.97. The molecule has 0 spiro atoms. The zero-order valence-corrected chi connectivity index (χ0v) is 13.2. The molecule has 1 fully saturated rings. The fourth-order valence-electron chi connectivity index (χ4n) is 3.37. The summed E-state index contributed by atoms with van der Waals surface area (Å²) < 4.78 is 0. The molecule has 0 aromatic heterocycles. The Hall–Kier alpha value is -1.32. The van der Waals surface area contributed by atoms with E-state index in [0.29, 0.717) is 6.54 Å². The fraction of sp³-hybridized carbons (Fsp3) is 0.765. The van der Waals surface area contributed by atoms with Gasteiger partial charge in [-0.25, -0.2) is 0 Å². The second-order valence-corrected chi connectivity index (χ2v) is 6.17. The van der Waals surface area contributed by atoms with Crippen LogP contribution in [0.5, 0.6) is 0 Å². The molecule has 1 N–H and O–H groups in total. The van der Waals surface area contributed by atoms with Crippen molar-refractivity contribution >= 4 is 11.8 Å². The number of hydrogen-bond donors (Lipinski definition) is 1. The summed E-state index contributed by atoms with van der Waals surface area (Å²) in [6, 6.07) is 0.248. The van der Waals surface area contributed by atoms with Crippen LogP contribution >= 0.6 is 0 Å². The van der Waals surface area contributed by atoms with E-state index >= 15 is 0 Å². The van der Waals surface area contributed by atoms with Crippen LogP contribution in [-0.2, 0) is 9.59 Å². The fourth-order valence-corrected chi connectivity index (χ4v) is 3.37. The van der Waals surface area contributed by atoms with E-state index in [9.17, 15) is 9.59 Å². The van der Waals surface area contributed by atoms with Crippen molar-refractivity contribution in [3.05, 3.63) is 11.6 Å². The van der Waals surface area contributed by atoms with Crippen LogP contribution in [0.2, 0.25) is 0 Å². The molecule has 0 saturated carbocycles. The van der Waals surface area contributed by atoms with Gasteiger partial charge in [-0.2, -0.15) is 0 Å². The Labute approximate surface area is 128 Å². The van der Waals surface area contributed by atoms with Gasteiger partial charge in [0.2, 0.25) is 0 Å². The monoisotopic (exact) mass is 292 g/mol. The van der Waals surface area contributed by atoms with Crippen LogP contribution in [-0.4, -0.2) is 35.8 Å². The van der Waals surface area contributed by atoms with Crippen molar-refractivity contribution in [2.24, 2.45) is 0 Å². The molecule has 0 bridgehead atoms. The standard InChI is InChI=1S/C17H28N2O2/c1-2-15-10-6-7-13-19(15)17(21)16(20)18-12-11-14-8-4-3-5-9-14/h8,15H,2-7,9-13H2,1H3,(H,18,20). The maximum absolute atomic E-state index is 12.2. The smallest absolute Gasteiger partial charge is 0.312 e. The van der Waals surface area contributed by atoms with Crippen LogP contribution in [0.25, 0.3) is 0 Å². The van der Waals surface area contributed by atoms with Crippen LogP contribution in [0.3, 0.4) is 0 Å². The zero-order chi connectivity index (χ0) is 15.1. The lowest BCUT2D eigenvalue weighted by molar-refractivity contribution is -0.148. The molecule has 0 aromatic rings. The van der Waals surface area contributed by atoms with Gasteiger partial charge in [-0.15, -0.1) is 0 Å². The minimum Gasteiger partial charge on any atom is -0.348 e. The number of rotatable bonds is 4. The van der Waals surface area contributed by atoms with E-state index in [-0.39, 0.29) is 11.9 Å². The number of nitrogens with one attached hydrogen (secondary N) is 1. The summed E-state index contributed by atoms with van der Waals surface area (Å²) in [5.41, 5.74) is 1.43. The minimum atomic E-state index is -0.424. The van der Waals surface area contributed by atoms with E-state index in [1.54, 1.807) is 4.90 Å². The predicted molar refractivity (Wildman–Crippen MR) is 83.8 cm³/mol. The molecule has 1 heterocycles. The highest BCUT2D eigenvalue weighted by molar-refractivity contribution is 6.35. The molecule has 1 atom stereocenters. The van der Waals surface area contributed by atoms with E-state index in [1.807, 2.05) is 0 Å². The average molecular weight is 292 g/mol. The predicted octanol–water partition coefficient (Wildman–Crippen LogP) is 2.78. The van der Waals surface area contributed by atoms with Crippen molar-refractivity contribution in [1.29, 1.82) is 0 Å². The third-order valence-corrected chi connectivity index (χ3v) is 4.67. The third kappa shape index (κ3) is 4.58. The van der Waals surface area contributed by atoms with Crippen molar-refractivity contribution < 1.29 is 9.59 Å². The molecular formula is C17H28N2O2. The van der Waals surface area contributed by atoms with Crippen molar-refractivity contribution in [2.75, 3.05) is 13.1 Å². The van der Waals surface area contributed by atoms with Crippen LogP contribution < -0.4 is 5.32 Å². The Kier molecular flexibility index (Phi) is 6.27. The number of allylic oxidation sites excluding steroid dienone is 1. The summed E-state index contributed by atoms with van der Waals surface area (Å²) in [5.74, 6) is -0.758. The van der Waals surface area contributed by atoms with E-state index in [2.05, 4.69) is 18.3 Å². The average Bonchev–Trinajstić information content (AvgIpc) is 2.55. The Bertz CT molecular complexity index is 404. The maximum atomic E-state index is 12.2. The molecule has 118 valence electrons. The molecule has 2 aliphatic rings. The Morgan fingerprint density at radius 2 is 2.14 bits per heavy atom. The summed E-state index contributed by atoms with van der Waals surface area (Å²) in [6.45, 7) is 3.40. The van der Waals surface area contributed by atoms with Crippen molar-refractivity contribution in [2.45, 2.75) is 70.8 Å². The lowest BCUT2D eigenvalue weighted by Crippen LogP contribution is -2.50. The maximum Gasteiger partial charge on any atom is 0.312 e. The lowest BCUT2D eigenvalue weighted by Gasteiger charge is -2.34. The number of piperidine rings is 1. The summed E-state index contributed by atoms with van der Waals surface area (Å²) >= 11 is 0. The van der Waals surface area contributed by atoms with Gasteiger partial charge >= 0.3 is 11.8 Å².